The molecule has 0 amide bonds. The van der Waals surface area contributed by atoms with Crippen LogP contribution in [-0.2, 0) is 21.2 Å². The van der Waals surface area contributed by atoms with Crippen LogP contribution >= 0.6 is 0 Å². The summed E-state index contributed by atoms with van der Waals surface area (Å²) in [6.07, 6.45) is 0.908. The van der Waals surface area contributed by atoms with Crippen LogP contribution in [0.3, 0.4) is 0 Å². The van der Waals surface area contributed by atoms with Gasteiger partial charge in [-0.3, -0.25) is 0 Å². The van der Waals surface area contributed by atoms with Crippen LogP contribution in [-0.4, -0.2) is 20.4 Å². The van der Waals surface area contributed by atoms with Crippen LogP contribution < -0.4 is 15.1 Å². The van der Waals surface area contributed by atoms with Gasteiger partial charge >= 0.3 is 11.6 Å². The molecule has 0 unspecified atom stereocenters. The Hall–Kier alpha value is -2.97. The Morgan fingerprint density at radius 3 is 2.41 bits per heavy atom. The third-order valence-corrected chi connectivity index (χ3v) is 6.51. The molecule has 8 heteroatoms. The number of hydrogen-bond donors (Lipinski definition) is 1. The van der Waals surface area contributed by atoms with Crippen LogP contribution in [0, 0.1) is 12.8 Å². The Bertz CT molecular complexity index is 1280. The Morgan fingerprint density at radius 2 is 1.78 bits per heavy atom. The first-order valence-corrected chi connectivity index (χ1v) is 11.9. The Morgan fingerprint density at radius 1 is 1.09 bits per heavy atom. The van der Waals surface area contributed by atoms with Crippen LogP contribution in [0.4, 0.5) is 0 Å². The first-order valence-electron chi connectivity index (χ1n) is 10.5. The van der Waals surface area contributed by atoms with Gasteiger partial charge in [0.15, 0.2) is 0 Å². The largest absolute Gasteiger partial charge is 0.425 e. The summed E-state index contributed by atoms with van der Waals surface area (Å²) in [5.74, 6) is -0.528. The highest BCUT2D eigenvalue weighted by Gasteiger charge is 2.28. The summed E-state index contributed by atoms with van der Waals surface area (Å²) >= 11 is 0. The number of esters is 1. The molecule has 0 aliphatic heterocycles. The molecule has 0 aliphatic carbocycles. The van der Waals surface area contributed by atoms with Crippen molar-refractivity contribution in [1.82, 2.24) is 4.72 Å². The van der Waals surface area contributed by atoms with E-state index in [4.69, 9.17) is 9.15 Å². The lowest BCUT2D eigenvalue weighted by Crippen LogP contribution is -2.43. The first-order chi connectivity index (χ1) is 15.1. The van der Waals surface area contributed by atoms with Crippen LogP contribution in [0.15, 0.2) is 62.6 Å². The van der Waals surface area contributed by atoms with Gasteiger partial charge in [-0.1, -0.05) is 38.5 Å². The van der Waals surface area contributed by atoms with Crippen molar-refractivity contribution >= 4 is 27.0 Å². The maximum Gasteiger partial charge on any atom is 0.336 e. The number of aryl methyl sites for hydroxylation is 2. The number of carbonyl (C=O) groups is 1. The fourth-order valence-corrected chi connectivity index (χ4v) is 4.59. The number of sulfonamides is 1. The molecule has 3 rings (SSSR count). The summed E-state index contributed by atoms with van der Waals surface area (Å²) < 4.78 is 38.8. The van der Waals surface area contributed by atoms with Gasteiger partial charge in [0.25, 0.3) is 0 Å². The molecular weight excluding hydrogens is 430 g/mol. The molecule has 0 aliphatic rings. The fourth-order valence-electron chi connectivity index (χ4n) is 3.39. The molecule has 0 bridgehead atoms. The van der Waals surface area contributed by atoms with Crippen molar-refractivity contribution in [3.05, 3.63) is 70.1 Å². The van der Waals surface area contributed by atoms with E-state index in [1.807, 2.05) is 27.7 Å². The normalized spacial score (nSPS) is 12.8. The highest BCUT2D eigenvalue weighted by molar-refractivity contribution is 7.89. The molecule has 1 heterocycles. The Balaban J connectivity index is 1.86. The van der Waals surface area contributed by atoms with Crippen molar-refractivity contribution in [2.45, 2.75) is 51.5 Å². The minimum absolute atomic E-state index is 0.0370. The molecule has 0 fully saturated rings. The molecule has 1 aromatic heterocycles. The lowest BCUT2D eigenvalue weighted by Gasteiger charge is -2.19. The number of carbonyl (C=O) groups excluding carboxylic acids is 1. The van der Waals surface area contributed by atoms with Gasteiger partial charge in [0, 0.05) is 17.5 Å². The van der Waals surface area contributed by atoms with E-state index in [9.17, 15) is 18.0 Å². The number of nitrogens with one attached hydrogen (secondary N) is 1. The summed E-state index contributed by atoms with van der Waals surface area (Å²) in [6.45, 7) is 7.56. The lowest BCUT2D eigenvalue weighted by atomic mass is 10.0. The highest BCUT2D eigenvalue weighted by Crippen LogP contribution is 2.24. The first kappa shape index (κ1) is 23.7. The minimum Gasteiger partial charge on any atom is -0.425 e. The third-order valence-electron chi connectivity index (χ3n) is 5.02. The summed E-state index contributed by atoms with van der Waals surface area (Å²) in [7, 11) is -3.92. The molecule has 3 aromatic rings. The molecule has 32 heavy (non-hydrogen) atoms. The van der Waals surface area contributed by atoms with E-state index in [1.165, 1.54) is 24.3 Å². The van der Waals surface area contributed by atoms with E-state index in [0.717, 1.165) is 16.5 Å². The van der Waals surface area contributed by atoms with Crippen molar-refractivity contribution in [3.8, 4) is 5.75 Å². The zero-order valence-electron chi connectivity index (χ0n) is 18.5. The predicted octanol–water partition coefficient (Wildman–Crippen LogP) is 3.96. The maximum absolute atomic E-state index is 12.9. The van der Waals surface area contributed by atoms with Crippen LogP contribution in [0.5, 0.6) is 5.75 Å². The average Bonchev–Trinajstić information content (AvgIpc) is 2.72. The topological polar surface area (TPSA) is 103 Å². The predicted molar refractivity (Wildman–Crippen MR) is 122 cm³/mol. The number of benzene rings is 2. The number of hydrogen-bond acceptors (Lipinski definition) is 6. The van der Waals surface area contributed by atoms with E-state index >= 15 is 0 Å². The van der Waals surface area contributed by atoms with E-state index in [1.54, 1.807) is 24.3 Å². The smallest absolute Gasteiger partial charge is 0.336 e. The molecule has 0 saturated carbocycles. The average molecular weight is 458 g/mol. The van der Waals surface area contributed by atoms with E-state index in [2.05, 4.69) is 4.72 Å². The van der Waals surface area contributed by atoms with Gasteiger partial charge in [-0.2, -0.15) is 4.72 Å². The van der Waals surface area contributed by atoms with Gasteiger partial charge in [-0.25, -0.2) is 18.0 Å². The molecule has 2 aromatic carbocycles. The Kier molecular flexibility index (Phi) is 7.16. The zero-order chi connectivity index (χ0) is 23.5. The van der Waals surface area contributed by atoms with Gasteiger partial charge < -0.3 is 9.15 Å². The second kappa shape index (κ2) is 9.67. The van der Waals surface area contributed by atoms with Crippen LogP contribution in [0.25, 0.3) is 11.0 Å². The van der Waals surface area contributed by atoms with Crippen molar-refractivity contribution < 1.29 is 22.4 Å². The van der Waals surface area contributed by atoms with Crippen molar-refractivity contribution in [2.24, 2.45) is 5.92 Å². The zero-order valence-corrected chi connectivity index (χ0v) is 19.4. The molecule has 0 spiro atoms. The maximum atomic E-state index is 12.9. The van der Waals surface area contributed by atoms with E-state index < -0.39 is 27.7 Å². The van der Waals surface area contributed by atoms with E-state index in [0.29, 0.717) is 12.0 Å². The second-order valence-corrected chi connectivity index (χ2v) is 9.85. The van der Waals surface area contributed by atoms with Gasteiger partial charge in [0.2, 0.25) is 10.0 Å². The summed E-state index contributed by atoms with van der Waals surface area (Å²) in [5, 5.41) is 0.755. The standard InChI is InChI=1S/C24H27NO6S/c1-5-17-13-23(26)31-22-14-18(8-11-20(17)22)30-24(27)21(12-15(2)3)25-32(28,29)19-9-6-16(4)7-10-19/h6-11,13-15,21,25H,5,12H2,1-4H3/t21-/m0/s1. The molecule has 0 radical (unpaired) electrons. The number of rotatable bonds is 8. The molecule has 0 saturated heterocycles. The molecule has 1 atom stereocenters. The highest BCUT2D eigenvalue weighted by atomic mass is 32.2. The second-order valence-electron chi connectivity index (χ2n) is 8.14. The van der Waals surface area contributed by atoms with Gasteiger partial charge in [-0.05, 0) is 55.5 Å². The summed E-state index contributed by atoms with van der Waals surface area (Å²) in [5.41, 5.74) is 1.58. The lowest BCUT2D eigenvalue weighted by molar-refractivity contribution is -0.136. The van der Waals surface area contributed by atoms with Crippen molar-refractivity contribution in [2.75, 3.05) is 0 Å². The molecule has 170 valence electrons. The monoisotopic (exact) mass is 457 g/mol. The van der Waals surface area contributed by atoms with Crippen molar-refractivity contribution in [3.63, 3.8) is 0 Å². The fraction of sp³-hybridized carbons (Fsp3) is 0.333. The molecule has 7 nitrogen and oxygen atoms in total. The van der Waals surface area contributed by atoms with Crippen molar-refractivity contribution in [1.29, 1.82) is 0 Å². The van der Waals surface area contributed by atoms with Gasteiger partial charge in [-0.15, -0.1) is 0 Å². The number of fused-ring (bicyclic) bond motifs is 1. The van der Waals surface area contributed by atoms with Crippen LogP contribution in [0.2, 0.25) is 0 Å². The summed E-state index contributed by atoms with van der Waals surface area (Å²) in [4.78, 5) is 24.8. The van der Waals surface area contributed by atoms with E-state index in [-0.39, 0.29) is 23.0 Å². The Labute approximate surface area is 187 Å². The number of ether oxygens (including phenoxy) is 1. The molecular formula is C24H27NO6S. The SMILES string of the molecule is CCc1cc(=O)oc2cc(OC(=O)[C@H](CC(C)C)NS(=O)(=O)c3ccc(C)cc3)ccc12. The molecule has 1 N–H and O–H groups in total. The van der Waals surface area contributed by atoms with Gasteiger partial charge in [0.05, 0.1) is 4.90 Å². The third kappa shape index (κ3) is 5.63. The minimum atomic E-state index is -3.92. The van der Waals surface area contributed by atoms with Crippen LogP contribution in [0.1, 0.15) is 38.3 Å². The van der Waals surface area contributed by atoms with Gasteiger partial charge in [0.1, 0.15) is 17.4 Å². The summed E-state index contributed by atoms with van der Waals surface area (Å²) in [6, 6.07) is 11.5. The quantitative estimate of drug-likeness (QED) is 0.312.